The Balaban J connectivity index is 1.75. The number of carbonyl (C=O) groups is 5. The van der Waals surface area contributed by atoms with Crippen molar-refractivity contribution in [1.82, 2.24) is 26.2 Å². The smallest absolute Gasteiger partial charge is 0.348 e. The van der Waals surface area contributed by atoms with Crippen LogP contribution in [0.1, 0.15) is 78.6 Å². The monoisotopic (exact) mass is 739 g/mol. The van der Waals surface area contributed by atoms with E-state index in [0.29, 0.717) is 32.1 Å². The Bertz CT molecular complexity index is 1570. The SMILES string of the molecule is C#CCCNC(=O)C(=O)C(CCC(F)(F)F)NC(=O)C1C(C(C)(C)C)CCN1C(=O)CNC(=O)NC1(CS(=O)(=O)c2ccccc2)CCCCC1. The fourth-order valence-corrected chi connectivity index (χ4v) is 8.61. The number of halogens is 3. The molecule has 3 unspecified atom stereocenters. The van der Waals surface area contributed by atoms with E-state index in [1.807, 2.05) is 20.8 Å². The quantitative estimate of drug-likeness (QED) is 0.129. The van der Waals surface area contributed by atoms with Gasteiger partial charge in [-0.1, -0.05) is 58.2 Å². The van der Waals surface area contributed by atoms with Gasteiger partial charge in [0.25, 0.3) is 5.91 Å². The van der Waals surface area contributed by atoms with Crippen LogP contribution in [0.3, 0.4) is 0 Å². The van der Waals surface area contributed by atoms with Crippen molar-refractivity contribution in [3.63, 3.8) is 0 Å². The standard InChI is InChI=1S/C35H48F3N5O7S/c1-5-6-20-39-31(47)29(45)26(15-19-35(36,37)38)41-30(46)28-25(33(2,3)4)16-21-43(28)27(44)22-40-32(48)42-34(17-11-8-12-18-34)23-51(49,50)24-13-9-7-10-14-24/h1,7,9-10,13-14,25-26,28H,6,8,11-12,15-23H2,2-4H3,(H,39,47)(H,41,46)(H2,40,42,48). The van der Waals surface area contributed by atoms with Crippen molar-refractivity contribution < 1.29 is 45.6 Å². The first-order valence-electron chi connectivity index (χ1n) is 17.0. The first kappa shape index (κ1) is 41.3. The van der Waals surface area contributed by atoms with E-state index in [0.717, 1.165) is 6.42 Å². The molecule has 12 nitrogen and oxygen atoms in total. The lowest BCUT2D eigenvalue weighted by Crippen LogP contribution is -2.59. The molecule has 0 bridgehead atoms. The van der Waals surface area contributed by atoms with E-state index < -0.39 is 93.9 Å². The van der Waals surface area contributed by atoms with Crippen LogP contribution in [0.2, 0.25) is 0 Å². The molecule has 5 amide bonds. The summed E-state index contributed by atoms with van der Waals surface area (Å²) in [6, 6.07) is 4.08. The first-order chi connectivity index (χ1) is 23.8. The number of hydrogen-bond donors (Lipinski definition) is 4. The maximum Gasteiger partial charge on any atom is 0.389 e. The topological polar surface area (TPSA) is 171 Å². The number of nitrogens with zero attached hydrogens (tertiary/aromatic N) is 1. The van der Waals surface area contributed by atoms with E-state index in [1.54, 1.807) is 18.2 Å². The van der Waals surface area contributed by atoms with Gasteiger partial charge >= 0.3 is 12.2 Å². The highest BCUT2D eigenvalue weighted by Gasteiger charge is 2.48. The summed E-state index contributed by atoms with van der Waals surface area (Å²) in [6.45, 7) is 4.90. The fourth-order valence-electron chi connectivity index (χ4n) is 6.78. The largest absolute Gasteiger partial charge is 0.389 e. The molecular formula is C35H48F3N5O7S. The average molecular weight is 740 g/mol. The molecule has 16 heteroatoms. The highest BCUT2D eigenvalue weighted by Crippen LogP contribution is 2.39. The number of benzene rings is 1. The van der Waals surface area contributed by atoms with Gasteiger partial charge in [-0.2, -0.15) is 13.2 Å². The van der Waals surface area contributed by atoms with Crippen molar-refractivity contribution in [3.8, 4) is 12.3 Å². The van der Waals surface area contributed by atoms with Gasteiger partial charge in [0.05, 0.1) is 28.8 Å². The van der Waals surface area contributed by atoms with Crippen molar-refractivity contribution in [3.05, 3.63) is 30.3 Å². The highest BCUT2D eigenvalue weighted by molar-refractivity contribution is 7.91. The van der Waals surface area contributed by atoms with Gasteiger partial charge in [0.15, 0.2) is 9.84 Å². The van der Waals surface area contributed by atoms with Gasteiger partial charge in [-0.05, 0) is 49.1 Å². The molecule has 2 fully saturated rings. The Morgan fingerprint density at radius 1 is 1.02 bits per heavy atom. The number of hydrogen-bond acceptors (Lipinski definition) is 7. The minimum absolute atomic E-state index is 0.0742. The third-order valence-electron chi connectivity index (χ3n) is 9.39. The Morgan fingerprint density at radius 3 is 2.25 bits per heavy atom. The van der Waals surface area contributed by atoms with Crippen molar-refractivity contribution in [2.24, 2.45) is 11.3 Å². The molecule has 4 N–H and O–H groups in total. The molecule has 0 aromatic heterocycles. The summed E-state index contributed by atoms with van der Waals surface area (Å²) >= 11 is 0. The molecule has 3 atom stereocenters. The van der Waals surface area contributed by atoms with Crippen LogP contribution in [0, 0.1) is 23.7 Å². The van der Waals surface area contributed by atoms with E-state index >= 15 is 0 Å². The summed E-state index contributed by atoms with van der Waals surface area (Å²) in [7, 11) is -3.77. The van der Waals surface area contributed by atoms with Crippen LogP contribution in [0.15, 0.2) is 35.2 Å². The summed E-state index contributed by atoms with van der Waals surface area (Å²) in [4.78, 5) is 67.2. The van der Waals surface area contributed by atoms with E-state index in [-0.39, 0.29) is 30.2 Å². The lowest BCUT2D eigenvalue weighted by atomic mass is 9.76. The Hall–Kier alpha value is -4.13. The molecule has 3 rings (SSSR count). The van der Waals surface area contributed by atoms with E-state index in [9.17, 15) is 45.6 Å². The van der Waals surface area contributed by atoms with Crippen LogP contribution in [0.4, 0.5) is 18.0 Å². The summed E-state index contributed by atoms with van der Waals surface area (Å²) in [5.74, 6) is -2.63. The van der Waals surface area contributed by atoms with Gasteiger partial charge in [-0.3, -0.25) is 19.2 Å². The molecule has 51 heavy (non-hydrogen) atoms. The molecule has 1 aromatic carbocycles. The van der Waals surface area contributed by atoms with Crippen molar-refractivity contribution in [1.29, 1.82) is 0 Å². The Labute approximate surface area is 297 Å². The van der Waals surface area contributed by atoms with Crippen LogP contribution in [-0.4, -0.2) is 92.0 Å². The number of carbonyl (C=O) groups excluding carboxylic acids is 5. The normalized spacial score (nSPS) is 19.7. The molecule has 0 spiro atoms. The maximum atomic E-state index is 13.8. The predicted octanol–water partition coefficient (Wildman–Crippen LogP) is 3.26. The summed E-state index contributed by atoms with van der Waals surface area (Å²) in [5.41, 5.74) is -1.64. The molecule has 2 aliphatic rings. The number of sulfone groups is 1. The number of amides is 5. The zero-order valence-electron chi connectivity index (χ0n) is 29.2. The third kappa shape index (κ3) is 12.0. The highest BCUT2D eigenvalue weighted by atomic mass is 32.2. The lowest BCUT2D eigenvalue weighted by Gasteiger charge is -2.38. The van der Waals surface area contributed by atoms with Gasteiger partial charge in [0.2, 0.25) is 17.6 Å². The average Bonchev–Trinajstić information content (AvgIpc) is 3.52. The van der Waals surface area contributed by atoms with Gasteiger partial charge < -0.3 is 26.2 Å². The number of alkyl halides is 3. The van der Waals surface area contributed by atoms with Gasteiger partial charge in [-0.25, -0.2) is 13.2 Å². The molecule has 1 aromatic rings. The van der Waals surface area contributed by atoms with Gasteiger partial charge in [-0.15, -0.1) is 12.3 Å². The van der Waals surface area contributed by atoms with Gasteiger partial charge in [0.1, 0.15) is 6.04 Å². The van der Waals surface area contributed by atoms with Crippen LogP contribution in [-0.2, 0) is 29.0 Å². The minimum Gasteiger partial charge on any atom is -0.348 e. The van der Waals surface area contributed by atoms with E-state index in [4.69, 9.17) is 6.42 Å². The van der Waals surface area contributed by atoms with Crippen LogP contribution in [0.5, 0.6) is 0 Å². The number of rotatable bonds is 14. The zero-order valence-corrected chi connectivity index (χ0v) is 30.1. The molecule has 1 saturated heterocycles. The summed E-state index contributed by atoms with van der Waals surface area (Å²) in [6.07, 6.45) is 1.62. The van der Waals surface area contributed by atoms with Gasteiger partial charge in [0, 0.05) is 25.9 Å². The van der Waals surface area contributed by atoms with Crippen molar-refractivity contribution in [2.75, 3.05) is 25.4 Å². The second kappa shape index (κ2) is 17.4. The molecule has 1 heterocycles. The fraction of sp³-hybridized carbons (Fsp3) is 0.629. The summed E-state index contributed by atoms with van der Waals surface area (Å²) < 4.78 is 66.0. The molecule has 1 saturated carbocycles. The Kier molecular flexibility index (Phi) is 14.1. The number of likely N-dealkylation sites (tertiary alicyclic amines) is 1. The minimum atomic E-state index is -4.68. The summed E-state index contributed by atoms with van der Waals surface area (Å²) in [5, 5.41) is 9.84. The lowest BCUT2D eigenvalue weighted by molar-refractivity contribution is -0.147. The van der Waals surface area contributed by atoms with Crippen LogP contribution >= 0.6 is 0 Å². The zero-order chi connectivity index (χ0) is 38.0. The number of ketones is 1. The molecule has 1 aliphatic carbocycles. The van der Waals surface area contributed by atoms with Crippen molar-refractivity contribution >= 4 is 39.4 Å². The van der Waals surface area contributed by atoms with Crippen molar-refractivity contribution in [2.45, 2.75) is 107 Å². The van der Waals surface area contributed by atoms with Crippen LogP contribution < -0.4 is 21.3 Å². The maximum absolute atomic E-state index is 13.8. The first-order valence-corrected chi connectivity index (χ1v) is 18.7. The third-order valence-corrected chi connectivity index (χ3v) is 11.3. The molecule has 1 aliphatic heterocycles. The number of nitrogens with one attached hydrogen (secondary N) is 4. The van der Waals surface area contributed by atoms with E-state index in [2.05, 4.69) is 27.2 Å². The molecule has 0 radical (unpaired) electrons. The molecule has 282 valence electrons. The number of terminal acetylenes is 1. The predicted molar refractivity (Wildman–Crippen MR) is 183 cm³/mol. The molecular weight excluding hydrogens is 691 g/mol. The Morgan fingerprint density at radius 2 is 1.67 bits per heavy atom. The second-order valence-corrected chi connectivity index (χ2v) is 16.3. The van der Waals surface area contributed by atoms with Crippen LogP contribution in [0.25, 0.3) is 0 Å². The number of urea groups is 1. The van der Waals surface area contributed by atoms with E-state index in [1.165, 1.54) is 17.0 Å². The second-order valence-electron chi connectivity index (χ2n) is 14.3. The number of Topliss-reactive ketones (excluding diaryl/α,β-unsaturated/α-hetero) is 1.